The van der Waals surface area contributed by atoms with E-state index in [1.54, 1.807) is 14.2 Å². The Morgan fingerprint density at radius 2 is 2.03 bits per heavy atom. The third kappa shape index (κ3) is 4.67. The number of methoxy groups -OCH3 is 2. The number of amides is 1. The summed E-state index contributed by atoms with van der Waals surface area (Å²) in [5.41, 5.74) is 2.10. The minimum Gasteiger partial charge on any atom is -0.497 e. The van der Waals surface area contributed by atoms with E-state index in [-0.39, 0.29) is 5.91 Å². The molecule has 0 spiro atoms. The van der Waals surface area contributed by atoms with Gasteiger partial charge in [-0.1, -0.05) is 6.92 Å². The second kappa shape index (κ2) is 9.80. The molecule has 0 saturated carbocycles. The van der Waals surface area contributed by atoms with Crippen molar-refractivity contribution in [2.24, 2.45) is 0 Å². The van der Waals surface area contributed by atoms with Gasteiger partial charge in [0.2, 0.25) is 0 Å². The van der Waals surface area contributed by atoms with Crippen molar-refractivity contribution >= 4 is 11.7 Å². The van der Waals surface area contributed by atoms with E-state index < -0.39 is 0 Å². The number of likely N-dealkylation sites (N-methyl/N-ethyl adjacent to an activating group) is 1. The lowest BCUT2D eigenvalue weighted by Gasteiger charge is -2.23. The standard InChI is InChI=1S/C23H32N4O3/c1-6-27-13-7-8-16(27)15-24-23(28)18-10-11-20(25-22(18)26(2)3)19-14-17(29-4)9-12-21(19)30-5/h9-12,14,16H,6-8,13,15H2,1-5H3,(H,24,28). The number of nitrogens with one attached hydrogen (secondary N) is 1. The molecular weight excluding hydrogens is 380 g/mol. The van der Waals surface area contributed by atoms with Crippen molar-refractivity contribution in [2.75, 3.05) is 52.8 Å². The highest BCUT2D eigenvalue weighted by Gasteiger charge is 2.24. The van der Waals surface area contributed by atoms with Crippen LogP contribution in [0.5, 0.6) is 11.5 Å². The number of carbonyl (C=O) groups is 1. The number of nitrogens with zero attached hydrogens (tertiary/aromatic N) is 3. The summed E-state index contributed by atoms with van der Waals surface area (Å²) in [5, 5.41) is 3.11. The molecule has 0 radical (unpaired) electrons. The van der Waals surface area contributed by atoms with E-state index in [9.17, 15) is 4.79 Å². The molecule has 2 heterocycles. The Hall–Kier alpha value is -2.80. The van der Waals surface area contributed by atoms with E-state index in [1.807, 2.05) is 49.3 Å². The summed E-state index contributed by atoms with van der Waals surface area (Å²) in [6.45, 7) is 4.95. The minimum atomic E-state index is -0.0988. The van der Waals surface area contributed by atoms with E-state index in [4.69, 9.17) is 14.5 Å². The van der Waals surface area contributed by atoms with Crippen molar-refractivity contribution in [3.8, 4) is 22.8 Å². The molecule has 2 aromatic rings. The molecule has 1 N–H and O–H groups in total. The maximum Gasteiger partial charge on any atom is 0.255 e. The third-order valence-electron chi connectivity index (χ3n) is 5.63. The highest BCUT2D eigenvalue weighted by atomic mass is 16.5. The number of benzene rings is 1. The first kappa shape index (κ1) is 21.9. The molecule has 7 heteroatoms. The van der Waals surface area contributed by atoms with E-state index in [1.165, 1.54) is 6.42 Å². The molecule has 1 aromatic heterocycles. The number of pyridine rings is 1. The van der Waals surface area contributed by atoms with Gasteiger partial charge in [0.15, 0.2) is 0 Å². The molecule has 0 aliphatic carbocycles. The van der Waals surface area contributed by atoms with Crippen LogP contribution in [0.3, 0.4) is 0 Å². The van der Waals surface area contributed by atoms with Crippen molar-refractivity contribution in [2.45, 2.75) is 25.8 Å². The Labute approximate surface area is 179 Å². The first-order valence-electron chi connectivity index (χ1n) is 10.4. The summed E-state index contributed by atoms with van der Waals surface area (Å²) < 4.78 is 10.9. The number of ether oxygens (including phenoxy) is 2. The summed E-state index contributed by atoms with van der Waals surface area (Å²) in [6.07, 6.45) is 2.32. The normalized spacial score (nSPS) is 16.4. The minimum absolute atomic E-state index is 0.0988. The summed E-state index contributed by atoms with van der Waals surface area (Å²) in [4.78, 5) is 22.0. The lowest BCUT2D eigenvalue weighted by Crippen LogP contribution is -2.40. The Morgan fingerprint density at radius 1 is 1.23 bits per heavy atom. The zero-order chi connectivity index (χ0) is 21.7. The molecule has 1 amide bonds. The van der Waals surface area contributed by atoms with E-state index in [2.05, 4.69) is 17.1 Å². The summed E-state index contributed by atoms with van der Waals surface area (Å²) >= 11 is 0. The van der Waals surface area contributed by atoms with Gasteiger partial charge in [-0.3, -0.25) is 9.69 Å². The summed E-state index contributed by atoms with van der Waals surface area (Å²) in [7, 11) is 7.04. The van der Waals surface area contributed by atoms with Crippen LogP contribution in [0, 0.1) is 0 Å². The van der Waals surface area contributed by atoms with Crippen LogP contribution in [0.4, 0.5) is 5.82 Å². The Morgan fingerprint density at radius 3 is 2.70 bits per heavy atom. The fourth-order valence-electron chi connectivity index (χ4n) is 3.98. The average molecular weight is 413 g/mol. The summed E-state index contributed by atoms with van der Waals surface area (Å²) in [6, 6.07) is 9.69. The van der Waals surface area contributed by atoms with Crippen LogP contribution in [0.2, 0.25) is 0 Å². The van der Waals surface area contributed by atoms with Crippen LogP contribution in [-0.2, 0) is 0 Å². The van der Waals surface area contributed by atoms with Crippen LogP contribution in [0.25, 0.3) is 11.3 Å². The van der Waals surface area contributed by atoms with Crippen molar-refractivity contribution in [3.05, 3.63) is 35.9 Å². The van der Waals surface area contributed by atoms with Gasteiger partial charge in [-0.2, -0.15) is 0 Å². The van der Waals surface area contributed by atoms with Gasteiger partial charge in [0, 0.05) is 32.2 Å². The Bertz CT molecular complexity index is 885. The molecule has 1 atom stereocenters. The van der Waals surface area contributed by atoms with Crippen molar-refractivity contribution in [1.82, 2.24) is 15.2 Å². The van der Waals surface area contributed by atoms with Gasteiger partial charge in [-0.25, -0.2) is 4.98 Å². The summed E-state index contributed by atoms with van der Waals surface area (Å²) in [5.74, 6) is 1.94. The molecule has 1 unspecified atom stereocenters. The van der Waals surface area contributed by atoms with Crippen molar-refractivity contribution in [3.63, 3.8) is 0 Å². The Kier molecular flexibility index (Phi) is 7.15. The monoisotopic (exact) mass is 412 g/mol. The topological polar surface area (TPSA) is 66.9 Å². The molecule has 30 heavy (non-hydrogen) atoms. The largest absolute Gasteiger partial charge is 0.497 e. The van der Waals surface area contributed by atoms with E-state index in [0.717, 1.165) is 36.5 Å². The number of likely N-dealkylation sites (tertiary alicyclic amines) is 1. The molecule has 162 valence electrons. The SMILES string of the molecule is CCN1CCCC1CNC(=O)c1ccc(-c2cc(OC)ccc2OC)nc1N(C)C. The van der Waals surface area contributed by atoms with Gasteiger partial charge in [-0.15, -0.1) is 0 Å². The van der Waals surface area contributed by atoms with Gasteiger partial charge in [0.25, 0.3) is 5.91 Å². The third-order valence-corrected chi connectivity index (χ3v) is 5.63. The van der Waals surface area contributed by atoms with Crippen LogP contribution in [0.1, 0.15) is 30.1 Å². The number of carbonyl (C=O) groups excluding carboxylic acids is 1. The smallest absolute Gasteiger partial charge is 0.255 e. The highest BCUT2D eigenvalue weighted by Crippen LogP contribution is 2.34. The molecule has 1 aliphatic rings. The van der Waals surface area contributed by atoms with E-state index in [0.29, 0.717) is 29.7 Å². The van der Waals surface area contributed by atoms with Crippen LogP contribution < -0.4 is 19.7 Å². The highest BCUT2D eigenvalue weighted by molar-refractivity contribution is 5.99. The predicted octanol–water partition coefficient (Wildman–Crippen LogP) is 3.05. The first-order chi connectivity index (χ1) is 14.5. The first-order valence-corrected chi connectivity index (χ1v) is 10.4. The second-order valence-electron chi connectivity index (χ2n) is 7.66. The molecule has 1 aliphatic heterocycles. The van der Waals surface area contributed by atoms with Gasteiger partial charge in [-0.05, 0) is 56.3 Å². The average Bonchev–Trinajstić information content (AvgIpc) is 3.24. The van der Waals surface area contributed by atoms with Crippen LogP contribution in [0.15, 0.2) is 30.3 Å². The van der Waals surface area contributed by atoms with Gasteiger partial charge in [0.05, 0.1) is 25.5 Å². The molecule has 1 saturated heterocycles. The van der Waals surface area contributed by atoms with Gasteiger partial charge in [0.1, 0.15) is 17.3 Å². The van der Waals surface area contributed by atoms with Gasteiger partial charge >= 0.3 is 0 Å². The molecular formula is C23H32N4O3. The number of aromatic nitrogens is 1. The maximum atomic E-state index is 13.0. The number of anilines is 1. The second-order valence-corrected chi connectivity index (χ2v) is 7.66. The van der Waals surface area contributed by atoms with Gasteiger partial charge < -0.3 is 19.7 Å². The van der Waals surface area contributed by atoms with Crippen LogP contribution >= 0.6 is 0 Å². The predicted molar refractivity (Wildman–Crippen MR) is 120 cm³/mol. The zero-order valence-electron chi connectivity index (χ0n) is 18.6. The number of hydrogen-bond acceptors (Lipinski definition) is 6. The molecule has 1 fully saturated rings. The quantitative estimate of drug-likeness (QED) is 0.719. The number of hydrogen-bond donors (Lipinski definition) is 1. The fraction of sp³-hybridized carbons (Fsp3) is 0.478. The molecule has 3 rings (SSSR count). The molecule has 1 aromatic carbocycles. The fourth-order valence-corrected chi connectivity index (χ4v) is 3.98. The lowest BCUT2D eigenvalue weighted by molar-refractivity contribution is 0.0941. The molecule has 0 bridgehead atoms. The van der Waals surface area contributed by atoms with E-state index >= 15 is 0 Å². The van der Waals surface area contributed by atoms with Crippen molar-refractivity contribution in [1.29, 1.82) is 0 Å². The maximum absolute atomic E-state index is 13.0. The van der Waals surface area contributed by atoms with Crippen molar-refractivity contribution < 1.29 is 14.3 Å². The Balaban J connectivity index is 1.86. The molecule has 7 nitrogen and oxygen atoms in total. The number of rotatable bonds is 8. The zero-order valence-corrected chi connectivity index (χ0v) is 18.6. The van der Waals surface area contributed by atoms with Crippen LogP contribution in [-0.4, -0.2) is 69.8 Å². The lowest BCUT2D eigenvalue weighted by atomic mass is 10.1.